The maximum absolute atomic E-state index is 15.1. The summed E-state index contributed by atoms with van der Waals surface area (Å²) in [6.45, 7) is 1.92. The molecule has 6 nitrogen and oxygen atoms in total. The van der Waals surface area contributed by atoms with Crippen LogP contribution in [0.3, 0.4) is 0 Å². The van der Waals surface area contributed by atoms with Crippen LogP contribution in [0.1, 0.15) is 69.4 Å². The highest BCUT2D eigenvalue weighted by atomic mass is 35.5. The third-order valence-electron chi connectivity index (χ3n) is 10.1. The van der Waals surface area contributed by atoms with E-state index in [1.165, 1.54) is 6.07 Å². The minimum Gasteiger partial charge on any atom is -0.324 e. The molecule has 2 aliphatic carbocycles. The van der Waals surface area contributed by atoms with Gasteiger partial charge in [-0.1, -0.05) is 24.4 Å². The average molecular weight is 609 g/mol. The number of urea groups is 1. The first kappa shape index (κ1) is 29.5. The van der Waals surface area contributed by atoms with Crippen LogP contribution in [0.5, 0.6) is 0 Å². The average Bonchev–Trinajstić information content (AvgIpc) is 3.40. The lowest BCUT2D eigenvalue weighted by atomic mass is 9.69. The van der Waals surface area contributed by atoms with Gasteiger partial charge in [0.25, 0.3) is 11.5 Å². The Morgan fingerprint density at radius 1 is 1.02 bits per heavy atom. The van der Waals surface area contributed by atoms with Crippen molar-refractivity contribution >= 4 is 17.6 Å². The van der Waals surface area contributed by atoms with Crippen molar-refractivity contribution in [3.63, 3.8) is 0 Å². The molecule has 42 heavy (non-hydrogen) atoms. The van der Waals surface area contributed by atoms with E-state index >= 15 is 4.39 Å². The normalized spacial score (nSPS) is 27.3. The first-order valence-corrected chi connectivity index (χ1v) is 15.4. The van der Waals surface area contributed by atoms with Gasteiger partial charge < -0.3 is 19.7 Å². The van der Waals surface area contributed by atoms with Crippen LogP contribution in [0.25, 0.3) is 0 Å². The van der Waals surface area contributed by atoms with Crippen molar-refractivity contribution in [3.05, 3.63) is 69.1 Å². The quantitative estimate of drug-likeness (QED) is 0.401. The molecule has 2 amide bonds. The topological polar surface area (TPSA) is 57.6 Å². The Balaban J connectivity index is 1.21. The van der Waals surface area contributed by atoms with E-state index in [2.05, 4.69) is 5.32 Å². The number of hydrogen-bond donors (Lipinski definition) is 1. The van der Waals surface area contributed by atoms with Crippen molar-refractivity contribution in [2.24, 2.45) is 11.3 Å². The Morgan fingerprint density at radius 3 is 2.50 bits per heavy atom. The van der Waals surface area contributed by atoms with Crippen molar-refractivity contribution in [2.45, 2.75) is 88.4 Å². The summed E-state index contributed by atoms with van der Waals surface area (Å²) in [5, 5.41) is 3.68. The number of hydrogen-bond acceptors (Lipinski definition) is 3. The predicted molar refractivity (Wildman–Crippen MR) is 152 cm³/mol. The fourth-order valence-electron chi connectivity index (χ4n) is 7.88. The van der Waals surface area contributed by atoms with Gasteiger partial charge in [0.1, 0.15) is 11.6 Å². The first-order chi connectivity index (χ1) is 20.0. The number of carbonyl (C=O) groups is 1. The molecule has 2 aliphatic heterocycles. The van der Waals surface area contributed by atoms with Crippen LogP contribution < -0.4 is 10.9 Å². The van der Waals surface area contributed by atoms with E-state index in [9.17, 15) is 22.8 Å². The zero-order chi connectivity index (χ0) is 29.6. The molecule has 2 saturated heterocycles. The molecule has 2 aromatic rings. The van der Waals surface area contributed by atoms with Crippen molar-refractivity contribution in [1.82, 2.24) is 19.7 Å². The Kier molecular flexibility index (Phi) is 8.06. The van der Waals surface area contributed by atoms with Gasteiger partial charge in [-0.15, -0.1) is 0 Å². The highest BCUT2D eigenvalue weighted by molar-refractivity contribution is 6.30. The van der Waals surface area contributed by atoms with Crippen LogP contribution in [0.4, 0.5) is 22.4 Å². The molecule has 4 aliphatic rings. The second-order valence-corrected chi connectivity index (χ2v) is 13.3. The third kappa shape index (κ3) is 5.94. The van der Waals surface area contributed by atoms with Gasteiger partial charge in [-0.2, -0.15) is 0 Å². The zero-order valence-corrected chi connectivity index (χ0v) is 24.3. The molecular formula is C31H37ClF4N4O2. The summed E-state index contributed by atoms with van der Waals surface area (Å²) in [6.07, 6.45) is 6.89. The summed E-state index contributed by atoms with van der Waals surface area (Å²) in [4.78, 5) is 30.2. The first-order valence-electron chi connectivity index (χ1n) is 15.0. The lowest BCUT2D eigenvalue weighted by Gasteiger charge is -2.50. The molecule has 3 heterocycles. The molecule has 0 unspecified atom stereocenters. The van der Waals surface area contributed by atoms with Crippen molar-refractivity contribution < 1.29 is 22.4 Å². The monoisotopic (exact) mass is 608 g/mol. The molecule has 1 spiro atoms. The molecule has 0 bridgehead atoms. The van der Waals surface area contributed by atoms with Gasteiger partial charge in [-0.05, 0) is 67.7 Å². The molecule has 1 N–H and O–H groups in total. The van der Waals surface area contributed by atoms with Crippen molar-refractivity contribution in [1.29, 1.82) is 0 Å². The SMILES string of the molecule is O=C(N1CC[C@@H](Cn2ccc(Cl)cc2=O)C2(CCCC2)C1)N1CC[C@@H](NC2CC(F)(F)C2)C[C@H]1c1cc(F)ccc1F. The van der Waals surface area contributed by atoms with Gasteiger partial charge in [0, 0.05) is 74.0 Å². The van der Waals surface area contributed by atoms with E-state index in [0.29, 0.717) is 44.0 Å². The van der Waals surface area contributed by atoms with Gasteiger partial charge >= 0.3 is 6.03 Å². The summed E-state index contributed by atoms with van der Waals surface area (Å²) in [7, 11) is 0. The van der Waals surface area contributed by atoms with E-state index < -0.39 is 23.6 Å². The number of carbonyl (C=O) groups excluding carboxylic acids is 1. The fraction of sp³-hybridized carbons (Fsp3) is 0.613. The standard InChI is InChI=1S/C31H37ClF4N4O2/c32-21-6-11-38(28(41)13-21)18-20-5-10-39(19-30(20)8-1-2-9-30)29(42)40-12-7-23(37-24-16-31(35,36)17-24)15-27(40)25-14-22(33)3-4-26(25)34/h3-4,6,11,13-14,20,23-24,27,37H,1-2,5,7-10,12,15-19H2/t20-,23+,27-/m0/s1. The van der Waals surface area contributed by atoms with Gasteiger partial charge in [-0.3, -0.25) is 4.79 Å². The van der Waals surface area contributed by atoms with Gasteiger partial charge in [-0.25, -0.2) is 22.4 Å². The maximum atomic E-state index is 15.1. The Hall–Kier alpha value is -2.59. The molecule has 0 radical (unpaired) electrons. The summed E-state index contributed by atoms with van der Waals surface area (Å²) in [5.41, 5.74) is -0.153. The molecule has 1 aromatic heterocycles. The summed E-state index contributed by atoms with van der Waals surface area (Å²) < 4.78 is 58.0. The molecule has 6 rings (SSSR count). The van der Waals surface area contributed by atoms with Crippen LogP contribution in [0.2, 0.25) is 5.02 Å². The van der Waals surface area contributed by atoms with E-state index in [0.717, 1.165) is 50.3 Å². The smallest absolute Gasteiger partial charge is 0.320 e. The highest BCUT2D eigenvalue weighted by Gasteiger charge is 2.49. The number of likely N-dealkylation sites (tertiary alicyclic amines) is 2. The van der Waals surface area contributed by atoms with Crippen LogP contribution in [0, 0.1) is 23.0 Å². The number of aromatic nitrogens is 1. The highest BCUT2D eigenvalue weighted by Crippen LogP contribution is 2.50. The molecule has 4 fully saturated rings. The number of nitrogens with one attached hydrogen (secondary N) is 1. The lowest BCUT2D eigenvalue weighted by Crippen LogP contribution is -2.58. The number of piperidine rings is 2. The van der Waals surface area contributed by atoms with Crippen molar-refractivity contribution in [3.8, 4) is 0 Å². The molecule has 228 valence electrons. The maximum Gasteiger partial charge on any atom is 0.320 e. The Morgan fingerprint density at radius 2 is 1.79 bits per heavy atom. The number of benzene rings is 1. The molecule has 3 atom stereocenters. The third-order valence-corrected chi connectivity index (χ3v) is 10.3. The number of amides is 2. The fourth-order valence-corrected chi connectivity index (χ4v) is 8.03. The summed E-state index contributed by atoms with van der Waals surface area (Å²) in [6, 6.07) is 4.98. The minimum absolute atomic E-state index is 0.112. The number of nitrogens with zero attached hydrogens (tertiary/aromatic N) is 3. The molecule has 11 heteroatoms. The number of rotatable bonds is 5. The van der Waals surface area contributed by atoms with E-state index in [4.69, 9.17) is 11.6 Å². The number of halogens is 5. The van der Waals surface area contributed by atoms with Crippen molar-refractivity contribution in [2.75, 3.05) is 19.6 Å². The van der Waals surface area contributed by atoms with Gasteiger partial charge in [0.2, 0.25) is 0 Å². The van der Waals surface area contributed by atoms with Crippen LogP contribution in [0.15, 0.2) is 41.3 Å². The van der Waals surface area contributed by atoms with Crippen LogP contribution in [-0.2, 0) is 6.54 Å². The Labute approximate surface area is 248 Å². The minimum atomic E-state index is -2.66. The summed E-state index contributed by atoms with van der Waals surface area (Å²) >= 11 is 6.00. The van der Waals surface area contributed by atoms with Gasteiger partial charge in [0.15, 0.2) is 0 Å². The second kappa shape index (κ2) is 11.5. The van der Waals surface area contributed by atoms with E-state index in [-0.39, 0.29) is 53.4 Å². The van der Waals surface area contributed by atoms with Gasteiger partial charge in [0.05, 0.1) is 6.04 Å². The largest absolute Gasteiger partial charge is 0.324 e. The second-order valence-electron chi connectivity index (χ2n) is 12.8. The van der Waals surface area contributed by atoms with E-state index in [1.54, 1.807) is 21.7 Å². The lowest BCUT2D eigenvalue weighted by molar-refractivity contribution is -0.0962. The molecular weight excluding hydrogens is 572 g/mol. The number of pyridine rings is 1. The molecule has 1 aromatic carbocycles. The zero-order valence-electron chi connectivity index (χ0n) is 23.5. The van der Waals surface area contributed by atoms with Crippen LogP contribution >= 0.6 is 11.6 Å². The van der Waals surface area contributed by atoms with Crippen LogP contribution in [-0.4, -0.2) is 58.0 Å². The molecule has 2 saturated carbocycles. The summed E-state index contributed by atoms with van der Waals surface area (Å²) in [5.74, 6) is -3.62. The van der Waals surface area contributed by atoms with E-state index in [1.807, 2.05) is 4.90 Å². The Bertz CT molecular complexity index is 1370. The predicted octanol–water partition coefficient (Wildman–Crippen LogP) is 6.38. The number of alkyl halides is 2.